The maximum absolute atomic E-state index is 10.8. The number of hydrogen-bond donors (Lipinski definition) is 0. The van der Waals surface area contributed by atoms with Crippen molar-refractivity contribution in [3.05, 3.63) is 12.2 Å². The first-order chi connectivity index (χ1) is 5.16. The first kappa shape index (κ1) is 10.2. The average molecular weight is 156 g/mol. The number of unbranched alkanes of at least 4 members (excludes halogenated alkanes) is 1. The van der Waals surface area contributed by atoms with Crippen LogP contribution in [0.5, 0.6) is 0 Å². The van der Waals surface area contributed by atoms with E-state index in [1.54, 1.807) is 0 Å². The first-order valence-corrected chi connectivity index (χ1v) is 4.04. The van der Waals surface area contributed by atoms with Gasteiger partial charge in [-0.25, -0.2) is 4.79 Å². The number of ether oxygens (including phenoxy) is 1. The Morgan fingerprint density at radius 2 is 2.18 bits per heavy atom. The molecule has 2 heteroatoms. The molecule has 2 nitrogen and oxygen atoms in total. The maximum atomic E-state index is 10.8. The van der Waals surface area contributed by atoms with Gasteiger partial charge in [-0.05, 0) is 20.3 Å². The molecule has 0 aromatic heterocycles. The van der Waals surface area contributed by atoms with E-state index in [1.165, 1.54) is 6.08 Å². The van der Waals surface area contributed by atoms with Crippen molar-refractivity contribution in [2.24, 2.45) is 0 Å². The molecule has 0 heterocycles. The van der Waals surface area contributed by atoms with E-state index in [0.717, 1.165) is 12.8 Å². The fraction of sp³-hybridized carbons (Fsp3) is 0.667. The Kier molecular flexibility index (Phi) is 5.53. The van der Waals surface area contributed by atoms with Crippen LogP contribution in [0.2, 0.25) is 0 Å². The van der Waals surface area contributed by atoms with Crippen LogP contribution in [0.3, 0.4) is 0 Å². The van der Waals surface area contributed by atoms with Crippen LogP contribution in [0.4, 0.5) is 0 Å². The van der Waals surface area contributed by atoms with Crippen LogP contribution < -0.4 is 0 Å². The van der Waals surface area contributed by atoms with Crippen molar-refractivity contribution in [3.63, 3.8) is 0 Å². The number of hydrogen-bond acceptors (Lipinski definition) is 2. The minimum Gasteiger partial charge on any atom is -0.460 e. The van der Waals surface area contributed by atoms with Gasteiger partial charge in [0.1, 0.15) is 0 Å². The van der Waals surface area contributed by atoms with E-state index in [1.807, 2.05) is 19.9 Å². The minimum absolute atomic E-state index is 0.0197. The van der Waals surface area contributed by atoms with Crippen molar-refractivity contribution in [3.8, 4) is 0 Å². The number of rotatable bonds is 4. The van der Waals surface area contributed by atoms with Crippen LogP contribution in [0.15, 0.2) is 12.2 Å². The molecule has 0 aliphatic heterocycles. The van der Waals surface area contributed by atoms with Crippen molar-refractivity contribution in [2.75, 3.05) is 0 Å². The highest BCUT2D eigenvalue weighted by molar-refractivity contribution is 5.81. The third-order valence-electron chi connectivity index (χ3n) is 1.06. The van der Waals surface area contributed by atoms with Gasteiger partial charge in [0.15, 0.2) is 0 Å². The fourth-order valence-electron chi connectivity index (χ4n) is 0.618. The van der Waals surface area contributed by atoms with E-state index in [2.05, 4.69) is 6.92 Å². The van der Waals surface area contributed by atoms with Crippen LogP contribution >= 0.6 is 0 Å². The van der Waals surface area contributed by atoms with Crippen molar-refractivity contribution in [1.29, 1.82) is 0 Å². The normalized spacial score (nSPS) is 10.9. The van der Waals surface area contributed by atoms with Gasteiger partial charge in [-0.3, -0.25) is 0 Å². The van der Waals surface area contributed by atoms with E-state index in [-0.39, 0.29) is 12.1 Å². The van der Waals surface area contributed by atoms with E-state index >= 15 is 0 Å². The molecule has 0 saturated heterocycles. The van der Waals surface area contributed by atoms with Gasteiger partial charge in [0.2, 0.25) is 0 Å². The average Bonchev–Trinajstić information content (AvgIpc) is 1.86. The van der Waals surface area contributed by atoms with E-state index in [0.29, 0.717) is 0 Å². The molecule has 0 spiro atoms. The van der Waals surface area contributed by atoms with Gasteiger partial charge in [0.25, 0.3) is 0 Å². The lowest BCUT2D eigenvalue weighted by molar-refractivity contribution is -0.141. The molecule has 0 aromatic carbocycles. The summed E-state index contributed by atoms with van der Waals surface area (Å²) in [6.45, 7) is 5.75. The van der Waals surface area contributed by atoms with Crippen molar-refractivity contribution < 1.29 is 9.53 Å². The van der Waals surface area contributed by atoms with Crippen LogP contribution in [0.25, 0.3) is 0 Å². The van der Waals surface area contributed by atoms with E-state index < -0.39 is 0 Å². The Morgan fingerprint density at radius 1 is 1.55 bits per heavy atom. The molecule has 11 heavy (non-hydrogen) atoms. The SMILES string of the molecule is CCCC=CC(=O)OC(C)C. The molecule has 0 unspecified atom stereocenters. The van der Waals surface area contributed by atoms with E-state index in [9.17, 15) is 4.79 Å². The Labute approximate surface area is 68.2 Å². The lowest BCUT2D eigenvalue weighted by Gasteiger charge is -2.03. The topological polar surface area (TPSA) is 26.3 Å². The molecule has 64 valence electrons. The Hall–Kier alpha value is -0.790. The summed E-state index contributed by atoms with van der Waals surface area (Å²) in [5.41, 5.74) is 0. The molecule has 0 bridgehead atoms. The highest BCUT2D eigenvalue weighted by Crippen LogP contribution is 1.93. The molecule has 0 aliphatic carbocycles. The van der Waals surface area contributed by atoms with Crippen molar-refractivity contribution >= 4 is 5.97 Å². The lowest BCUT2D eigenvalue weighted by Crippen LogP contribution is -2.08. The summed E-state index contributed by atoms with van der Waals surface area (Å²) in [5.74, 6) is -0.242. The van der Waals surface area contributed by atoms with Gasteiger partial charge in [-0.2, -0.15) is 0 Å². The largest absolute Gasteiger partial charge is 0.460 e. The summed E-state index contributed by atoms with van der Waals surface area (Å²) < 4.78 is 4.87. The van der Waals surface area contributed by atoms with Crippen LogP contribution in [0.1, 0.15) is 33.6 Å². The van der Waals surface area contributed by atoms with Gasteiger partial charge < -0.3 is 4.74 Å². The fourth-order valence-corrected chi connectivity index (χ4v) is 0.618. The molecule has 0 radical (unpaired) electrons. The second kappa shape index (κ2) is 5.96. The highest BCUT2D eigenvalue weighted by atomic mass is 16.5. The summed E-state index contributed by atoms with van der Waals surface area (Å²) in [4.78, 5) is 10.8. The number of carbonyl (C=O) groups is 1. The van der Waals surface area contributed by atoms with Crippen LogP contribution in [-0.4, -0.2) is 12.1 Å². The summed E-state index contributed by atoms with van der Waals surface area (Å²) in [7, 11) is 0. The zero-order valence-corrected chi connectivity index (χ0v) is 7.46. The van der Waals surface area contributed by atoms with Crippen LogP contribution in [0, 0.1) is 0 Å². The third kappa shape index (κ3) is 7.10. The standard InChI is InChI=1S/C9H16O2/c1-4-5-6-7-9(10)11-8(2)3/h6-8H,4-5H2,1-3H3. The lowest BCUT2D eigenvalue weighted by atomic mass is 10.3. The second-order valence-electron chi connectivity index (χ2n) is 2.68. The molecule has 0 rings (SSSR count). The summed E-state index contributed by atoms with van der Waals surface area (Å²) in [6.07, 6.45) is 5.31. The molecule has 0 aromatic rings. The maximum Gasteiger partial charge on any atom is 0.330 e. The van der Waals surface area contributed by atoms with Gasteiger partial charge in [0, 0.05) is 6.08 Å². The van der Waals surface area contributed by atoms with Gasteiger partial charge >= 0.3 is 5.97 Å². The van der Waals surface area contributed by atoms with E-state index in [4.69, 9.17) is 4.74 Å². The van der Waals surface area contributed by atoms with Gasteiger partial charge in [0.05, 0.1) is 6.10 Å². The zero-order chi connectivity index (χ0) is 8.69. The number of allylic oxidation sites excluding steroid dienone is 1. The minimum atomic E-state index is -0.242. The smallest absolute Gasteiger partial charge is 0.330 e. The number of carbonyl (C=O) groups excluding carboxylic acids is 1. The Bertz CT molecular complexity index is 136. The molecule has 0 fully saturated rings. The summed E-state index contributed by atoms with van der Waals surface area (Å²) in [6, 6.07) is 0. The molecule has 0 N–H and O–H groups in total. The zero-order valence-electron chi connectivity index (χ0n) is 7.46. The highest BCUT2D eigenvalue weighted by Gasteiger charge is 1.98. The third-order valence-corrected chi connectivity index (χ3v) is 1.06. The van der Waals surface area contributed by atoms with Crippen molar-refractivity contribution in [2.45, 2.75) is 39.7 Å². The first-order valence-electron chi connectivity index (χ1n) is 4.04. The predicted molar refractivity (Wildman–Crippen MR) is 45.3 cm³/mol. The van der Waals surface area contributed by atoms with Crippen molar-refractivity contribution in [1.82, 2.24) is 0 Å². The number of esters is 1. The Morgan fingerprint density at radius 3 is 2.64 bits per heavy atom. The molecule has 0 amide bonds. The van der Waals surface area contributed by atoms with Crippen LogP contribution in [-0.2, 0) is 9.53 Å². The molecular formula is C9H16O2. The summed E-state index contributed by atoms with van der Waals surface area (Å²) >= 11 is 0. The molecule has 0 aliphatic rings. The quantitative estimate of drug-likeness (QED) is 0.461. The summed E-state index contributed by atoms with van der Waals surface area (Å²) in [5, 5.41) is 0. The second-order valence-corrected chi connectivity index (χ2v) is 2.68. The Balaban J connectivity index is 3.51. The molecular weight excluding hydrogens is 140 g/mol. The molecule has 0 saturated carbocycles. The molecule has 0 atom stereocenters. The van der Waals surface area contributed by atoms with Gasteiger partial charge in [-0.15, -0.1) is 0 Å². The monoisotopic (exact) mass is 156 g/mol. The predicted octanol–water partition coefficient (Wildman–Crippen LogP) is 2.29. The van der Waals surface area contributed by atoms with Gasteiger partial charge in [-0.1, -0.05) is 19.4 Å².